The smallest absolute Gasteiger partial charge is 0.255 e. The molecule has 1 atom stereocenters. The van der Waals surface area contributed by atoms with Crippen molar-refractivity contribution in [2.75, 3.05) is 26.4 Å². The maximum absolute atomic E-state index is 12.7. The Kier molecular flexibility index (Phi) is 5.10. The normalized spacial score (nSPS) is 18.3. The number of hydrogen-bond acceptors (Lipinski definition) is 4. The first-order valence-electron chi connectivity index (χ1n) is 6.70. The van der Waals surface area contributed by atoms with Gasteiger partial charge in [0.15, 0.2) is 0 Å². The van der Waals surface area contributed by atoms with Crippen molar-refractivity contribution in [1.29, 1.82) is 0 Å². The summed E-state index contributed by atoms with van der Waals surface area (Å²) >= 11 is 0. The number of carbonyl (C=O) groups is 1. The average molecular weight is 274 g/mol. The van der Waals surface area contributed by atoms with Crippen LogP contribution in [-0.4, -0.2) is 53.3 Å². The van der Waals surface area contributed by atoms with Gasteiger partial charge in [-0.3, -0.25) is 9.78 Å². The molecule has 1 aliphatic rings. The van der Waals surface area contributed by atoms with Gasteiger partial charge in [0.05, 0.1) is 30.4 Å². The SMILES string of the molecule is CCC1COCCN1C(=O)c1ccncc1C#CCO. The summed E-state index contributed by atoms with van der Waals surface area (Å²) in [5, 5.41) is 8.78. The van der Waals surface area contributed by atoms with E-state index < -0.39 is 0 Å². The highest BCUT2D eigenvalue weighted by molar-refractivity contribution is 5.96. The monoisotopic (exact) mass is 274 g/mol. The maximum Gasteiger partial charge on any atom is 0.255 e. The van der Waals surface area contributed by atoms with Crippen molar-refractivity contribution in [3.8, 4) is 11.8 Å². The van der Waals surface area contributed by atoms with E-state index in [1.54, 1.807) is 18.5 Å². The molecule has 1 unspecified atom stereocenters. The zero-order chi connectivity index (χ0) is 14.4. The minimum absolute atomic E-state index is 0.0511. The van der Waals surface area contributed by atoms with Gasteiger partial charge in [0.25, 0.3) is 5.91 Å². The van der Waals surface area contributed by atoms with Gasteiger partial charge < -0.3 is 14.7 Å². The molecule has 0 aromatic carbocycles. The number of rotatable bonds is 2. The van der Waals surface area contributed by atoms with Crippen molar-refractivity contribution < 1.29 is 14.6 Å². The standard InChI is InChI=1S/C15H18N2O3/c1-2-13-11-20-9-7-17(13)15(19)14-5-6-16-10-12(14)4-3-8-18/h5-6,10,13,18H,2,7-9,11H2,1H3. The predicted octanol–water partition coefficient (Wildman–Crippen LogP) is 0.676. The van der Waals surface area contributed by atoms with E-state index in [2.05, 4.69) is 16.8 Å². The molecule has 5 heteroatoms. The van der Waals surface area contributed by atoms with Crippen molar-refractivity contribution >= 4 is 5.91 Å². The Bertz CT molecular complexity index is 533. The summed E-state index contributed by atoms with van der Waals surface area (Å²) < 4.78 is 5.42. The van der Waals surface area contributed by atoms with E-state index in [1.165, 1.54) is 0 Å². The molecule has 20 heavy (non-hydrogen) atoms. The molecule has 1 aliphatic heterocycles. The van der Waals surface area contributed by atoms with Crippen LogP contribution in [0.5, 0.6) is 0 Å². The van der Waals surface area contributed by atoms with Crippen molar-refractivity contribution in [2.45, 2.75) is 19.4 Å². The summed E-state index contributed by atoms with van der Waals surface area (Å²) in [5.41, 5.74) is 1.08. The summed E-state index contributed by atoms with van der Waals surface area (Å²) in [7, 11) is 0. The number of aliphatic hydroxyl groups excluding tert-OH is 1. The number of pyridine rings is 1. The third-order valence-electron chi connectivity index (χ3n) is 3.31. The van der Waals surface area contributed by atoms with Gasteiger partial charge in [0.1, 0.15) is 6.61 Å². The van der Waals surface area contributed by atoms with Crippen molar-refractivity contribution in [2.24, 2.45) is 0 Å². The van der Waals surface area contributed by atoms with Crippen LogP contribution in [0.25, 0.3) is 0 Å². The number of aliphatic hydroxyl groups is 1. The van der Waals surface area contributed by atoms with Gasteiger partial charge >= 0.3 is 0 Å². The Hall–Kier alpha value is -1.90. The number of hydrogen-bond donors (Lipinski definition) is 1. The highest BCUT2D eigenvalue weighted by Crippen LogP contribution is 2.16. The number of ether oxygens (including phenoxy) is 1. The molecule has 1 amide bonds. The third-order valence-corrected chi connectivity index (χ3v) is 3.31. The molecule has 2 heterocycles. The first-order chi connectivity index (χ1) is 9.77. The molecule has 0 saturated carbocycles. The summed E-state index contributed by atoms with van der Waals surface area (Å²) in [4.78, 5) is 18.5. The summed E-state index contributed by atoms with van der Waals surface area (Å²) in [6, 6.07) is 1.77. The Labute approximate surface area is 118 Å². The van der Waals surface area contributed by atoms with Crippen LogP contribution in [0.2, 0.25) is 0 Å². The van der Waals surface area contributed by atoms with E-state index in [0.717, 1.165) is 6.42 Å². The first-order valence-corrected chi connectivity index (χ1v) is 6.70. The quantitative estimate of drug-likeness (QED) is 0.805. The fourth-order valence-electron chi connectivity index (χ4n) is 2.23. The molecule has 106 valence electrons. The molecule has 5 nitrogen and oxygen atoms in total. The van der Waals surface area contributed by atoms with Crippen molar-refractivity contribution in [1.82, 2.24) is 9.88 Å². The zero-order valence-electron chi connectivity index (χ0n) is 11.5. The number of morpholine rings is 1. The van der Waals surface area contributed by atoms with Crippen molar-refractivity contribution in [3.05, 3.63) is 29.6 Å². The van der Waals surface area contributed by atoms with Crippen LogP contribution in [0.1, 0.15) is 29.3 Å². The lowest BCUT2D eigenvalue weighted by Gasteiger charge is -2.35. The third kappa shape index (κ3) is 3.16. The lowest BCUT2D eigenvalue weighted by Crippen LogP contribution is -2.48. The van der Waals surface area contributed by atoms with E-state index in [-0.39, 0.29) is 18.6 Å². The largest absolute Gasteiger partial charge is 0.384 e. The van der Waals surface area contributed by atoms with Gasteiger partial charge in [0.2, 0.25) is 0 Å². The van der Waals surface area contributed by atoms with Crippen LogP contribution in [0.3, 0.4) is 0 Å². The fourth-order valence-corrected chi connectivity index (χ4v) is 2.23. The van der Waals surface area contributed by atoms with Crippen molar-refractivity contribution in [3.63, 3.8) is 0 Å². The molecule has 2 rings (SSSR count). The molecule has 1 saturated heterocycles. The van der Waals surface area contributed by atoms with Gasteiger partial charge in [-0.1, -0.05) is 18.8 Å². The van der Waals surface area contributed by atoms with Gasteiger partial charge in [-0.15, -0.1) is 0 Å². The molecule has 1 aromatic rings. The van der Waals surface area contributed by atoms with E-state index in [4.69, 9.17) is 9.84 Å². The minimum atomic E-state index is -0.238. The molecule has 0 aliphatic carbocycles. The van der Waals surface area contributed by atoms with Crippen LogP contribution in [0.15, 0.2) is 18.5 Å². The minimum Gasteiger partial charge on any atom is -0.384 e. The van der Waals surface area contributed by atoms with Crippen LogP contribution < -0.4 is 0 Å². The fraction of sp³-hybridized carbons (Fsp3) is 0.467. The second-order valence-electron chi connectivity index (χ2n) is 4.52. The van der Waals surface area contributed by atoms with Gasteiger partial charge in [0, 0.05) is 18.9 Å². The highest BCUT2D eigenvalue weighted by atomic mass is 16.5. The maximum atomic E-state index is 12.7. The summed E-state index contributed by atoms with van der Waals surface area (Å²) in [5.74, 6) is 5.28. The van der Waals surface area contributed by atoms with E-state index in [9.17, 15) is 4.79 Å². The Balaban J connectivity index is 2.28. The number of amides is 1. The van der Waals surface area contributed by atoms with E-state index >= 15 is 0 Å². The highest BCUT2D eigenvalue weighted by Gasteiger charge is 2.27. The molecule has 1 aromatic heterocycles. The molecular weight excluding hydrogens is 256 g/mol. The second kappa shape index (κ2) is 7.04. The van der Waals surface area contributed by atoms with Gasteiger partial charge in [-0.2, -0.15) is 0 Å². The molecule has 0 radical (unpaired) electrons. The summed E-state index contributed by atoms with van der Waals surface area (Å²) in [6.45, 7) is 3.53. The number of aromatic nitrogens is 1. The van der Waals surface area contributed by atoms with Crippen LogP contribution >= 0.6 is 0 Å². The van der Waals surface area contributed by atoms with Gasteiger partial charge in [-0.05, 0) is 12.5 Å². The zero-order valence-corrected chi connectivity index (χ0v) is 11.5. The Morgan fingerprint density at radius 1 is 1.65 bits per heavy atom. The van der Waals surface area contributed by atoms with Crippen LogP contribution in [-0.2, 0) is 4.74 Å². The molecular formula is C15H18N2O3. The molecule has 1 fully saturated rings. The van der Waals surface area contributed by atoms with E-state index in [0.29, 0.717) is 30.9 Å². The average Bonchev–Trinajstić information content (AvgIpc) is 2.52. The molecule has 0 spiro atoms. The second-order valence-corrected chi connectivity index (χ2v) is 4.52. The Morgan fingerprint density at radius 3 is 3.25 bits per heavy atom. The summed E-state index contributed by atoms with van der Waals surface area (Å²) in [6.07, 6.45) is 3.99. The molecule has 1 N–H and O–H groups in total. The predicted molar refractivity (Wildman–Crippen MR) is 74.1 cm³/mol. The van der Waals surface area contributed by atoms with Gasteiger partial charge in [-0.25, -0.2) is 0 Å². The van der Waals surface area contributed by atoms with Crippen LogP contribution in [0, 0.1) is 11.8 Å². The topological polar surface area (TPSA) is 62.7 Å². The van der Waals surface area contributed by atoms with E-state index in [1.807, 2.05) is 11.8 Å². The Morgan fingerprint density at radius 2 is 2.50 bits per heavy atom. The first kappa shape index (κ1) is 14.5. The lowest BCUT2D eigenvalue weighted by molar-refractivity contribution is -0.00281. The number of nitrogens with zero attached hydrogens (tertiary/aromatic N) is 2. The number of carbonyl (C=O) groups excluding carboxylic acids is 1. The van der Waals surface area contributed by atoms with Crippen LogP contribution in [0.4, 0.5) is 0 Å². The lowest BCUT2D eigenvalue weighted by atomic mass is 10.1. The molecule has 0 bridgehead atoms.